The molecule has 110 valence electrons. The molecule has 2 saturated heterocycles. The van der Waals surface area contributed by atoms with Crippen LogP contribution in [-0.2, 0) is 9.53 Å². The first-order chi connectivity index (χ1) is 9.66. The number of rotatable bonds is 2. The highest BCUT2D eigenvalue weighted by Gasteiger charge is 2.35. The molecule has 3 heterocycles. The molecule has 2 aliphatic rings. The summed E-state index contributed by atoms with van der Waals surface area (Å²) in [4.78, 5) is 25.9. The average Bonchev–Trinajstić information content (AvgIpc) is 3.07. The largest absolute Gasteiger partial charge is 0.378 e. The lowest BCUT2D eigenvalue weighted by atomic mass is 9.98. The Morgan fingerprint density at radius 3 is 2.70 bits per heavy atom. The van der Waals surface area contributed by atoms with Crippen LogP contribution >= 0.6 is 0 Å². The van der Waals surface area contributed by atoms with Crippen molar-refractivity contribution in [2.45, 2.75) is 38.3 Å². The molecule has 1 aromatic heterocycles. The number of hydrogen-bond donors (Lipinski definition) is 1. The van der Waals surface area contributed by atoms with E-state index in [-0.39, 0.29) is 29.7 Å². The highest BCUT2D eigenvalue weighted by atomic mass is 16.5. The maximum absolute atomic E-state index is 12.4. The van der Waals surface area contributed by atoms with Gasteiger partial charge in [-0.1, -0.05) is 0 Å². The van der Waals surface area contributed by atoms with Gasteiger partial charge in [0.1, 0.15) is 6.33 Å². The molecule has 0 saturated carbocycles. The lowest BCUT2D eigenvalue weighted by molar-refractivity contribution is -0.138. The van der Waals surface area contributed by atoms with Gasteiger partial charge < -0.3 is 9.64 Å². The minimum Gasteiger partial charge on any atom is -0.378 e. The molecule has 2 fully saturated rings. The zero-order chi connectivity index (χ0) is 14.1. The Morgan fingerprint density at radius 1 is 1.40 bits per heavy atom. The molecule has 0 aromatic carbocycles. The van der Waals surface area contributed by atoms with Crippen LogP contribution in [0.2, 0.25) is 0 Å². The summed E-state index contributed by atoms with van der Waals surface area (Å²) in [6.45, 7) is 4.04. The van der Waals surface area contributed by atoms with E-state index in [1.54, 1.807) is 4.57 Å². The van der Waals surface area contributed by atoms with Gasteiger partial charge in [-0.2, -0.15) is 5.10 Å². The van der Waals surface area contributed by atoms with E-state index < -0.39 is 0 Å². The second-order valence-corrected chi connectivity index (χ2v) is 5.60. The van der Waals surface area contributed by atoms with Gasteiger partial charge in [0.05, 0.1) is 12.0 Å². The first-order valence-electron chi connectivity index (χ1n) is 7.18. The molecule has 7 nitrogen and oxygen atoms in total. The van der Waals surface area contributed by atoms with E-state index in [4.69, 9.17) is 4.74 Å². The molecule has 1 N–H and O–H groups in total. The summed E-state index contributed by atoms with van der Waals surface area (Å²) in [5.74, 6) is 0.205. The van der Waals surface area contributed by atoms with Gasteiger partial charge >= 0.3 is 5.69 Å². The minimum absolute atomic E-state index is 0.00296. The fourth-order valence-electron chi connectivity index (χ4n) is 3.17. The van der Waals surface area contributed by atoms with Crippen molar-refractivity contribution in [3.05, 3.63) is 16.8 Å². The molecule has 2 atom stereocenters. The summed E-state index contributed by atoms with van der Waals surface area (Å²) in [5, 5.41) is 6.16. The van der Waals surface area contributed by atoms with Crippen LogP contribution in [0.1, 0.15) is 32.2 Å². The first kappa shape index (κ1) is 13.4. The van der Waals surface area contributed by atoms with Crippen LogP contribution in [0, 0.1) is 5.92 Å². The molecule has 20 heavy (non-hydrogen) atoms. The maximum atomic E-state index is 12.4. The molecule has 1 aromatic rings. The number of nitrogens with one attached hydrogen (secondary N) is 1. The van der Waals surface area contributed by atoms with Crippen molar-refractivity contribution in [2.24, 2.45) is 5.92 Å². The molecule has 1 amide bonds. The number of amides is 1. The monoisotopic (exact) mass is 280 g/mol. The van der Waals surface area contributed by atoms with Crippen LogP contribution in [0.15, 0.2) is 11.1 Å². The lowest BCUT2D eigenvalue weighted by Crippen LogP contribution is -2.44. The molecule has 3 rings (SSSR count). The number of carbonyl (C=O) groups is 1. The summed E-state index contributed by atoms with van der Waals surface area (Å²) in [6.07, 6.45) is 3.98. The van der Waals surface area contributed by atoms with Crippen molar-refractivity contribution in [1.29, 1.82) is 0 Å². The number of piperidine rings is 1. The fourth-order valence-corrected chi connectivity index (χ4v) is 3.17. The summed E-state index contributed by atoms with van der Waals surface area (Å²) >= 11 is 0. The van der Waals surface area contributed by atoms with Crippen molar-refractivity contribution >= 4 is 5.91 Å². The molecule has 0 aliphatic carbocycles. The lowest BCUT2D eigenvalue weighted by Gasteiger charge is -2.34. The van der Waals surface area contributed by atoms with Crippen LogP contribution < -0.4 is 5.69 Å². The second-order valence-electron chi connectivity index (χ2n) is 5.60. The molecule has 0 spiro atoms. The first-order valence-corrected chi connectivity index (χ1v) is 7.18. The number of hydrogen-bond acceptors (Lipinski definition) is 4. The molecule has 2 unspecified atom stereocenters. The third kappa shape index (κ3) is 2.37. The van der Waals surface area contributed by atoms with E-state index in [1.165, 1.54) is 6.33 Å². The maximum Gasteiger partial charge on any atom is 0.343 e. The van der Waals surface area contributed by atoms with Crippen LogP contribution in [-0.4, -0.2) is 51.4 Å². The summed E-state index contributed by atoms with van der Waals surface area (Å²) in [7, 11) is 0. The number of carbonyl (C=O) groups excluding carboxylic acids is 1. The number of H-pyrrole nitrogens is 1. The van der Waals surface area contributed by atoms with Crippen LogP contribution in [0.25, 0.3) is 0 Å². The highest BCUT2D eigenvalue weighted by Crippen LogP contribution is 2.26. The van der Waals surface area contributed by atoms with E-state index in [2.05, 4.69) is 10.2 Å². The Bertz CT molecular complexity index is 530. The van der Waals surface area contributed by atoms with Crippen molar-refractivity contribution in [3.63, 3.8) is 0 Å². The molecular formula is C13H20N4O3. The van der Waals surface area contributed by atoms with Gasteiger partial charge in [0, 0.05) is 25.7 Å². The average molecular weight is 280 g/mol. The molecule has 2 aliphatic heterocycles. The van der Waals surface area contributed by atoms with Crippen molar-refractivity contribution < 1.29 is 9.53 Å². The van der Waals surface area contributed by atoms with Gasteiger partial charge in [0.15, 0.2) is 0 Å². The Kier molecular flexibility index (Phi) is 3.60. The summed E-state index contributed by atoms with van der Waals surface area (Å²) in [6, 6.07) is 0.141. The third-order valence-corrected chi connectivity index (χ3v) is 4.44. The van der Waals surface area contributed by atoms with Crippen molar-refractivity contribution in [1.82, 2.24) is 19.7 Å². The number of aromatic nitrogens is 3. The van der Waals surface area contributed by atoms with Crippen LogP contribution in [0.4, 0.5) is 0 Å². The standard InChI is InChI=1S/C13H20N4O3/c1-9-11(4-7-20-9)12(18)16-5-2-10(3-6-16)17-8-14-15-13(17)19/h8-11H,2-7H2,1H3,(H,15,19). The van der Waals surface area contributed by atoms with Crippen LogP contribution in [0.5, 0.6) is 0 Å². The molecular weight excluding hydrogens is 260 g/mol. The van der Waals surface area contributed by atoms with Gasteiger partial charge in [-0.15, -0.1) is 0 Å². The van der Waals surface area contributed by atoms with Crippen molar-refractivity contribution in [3.8, 4) is 0 Å². The number of likely N-dealkylation sites (tertiary alicyclic amines) is 1. The number of nitrogens with zero attached hydrogens (tertiary/aromatic N) is 3. The Hall–Kier alpha value is -1.63. The Morgan fingerprint density at radius 2 is 2.15 bits per heavy atom. The SMILES string of the molecule is CC1OCCC1C(=O)N1CCC(n2cn[nH]c2=O)CC1. The number of ether oxygens (including phenoxy) is 1. The second kappa shape index (κ2) is 5.40. The van der Waals surface area contributed by atoms with Gasteiger partial charge in [0.2, 0.25) is 5.91 Å². The Labute approximate surface area is 116 Å². The predicted molar refractivity (Wildman–Crippen MR) is 71.2 cm³/mol. The van der Waals surface area contributed by atoms with Gasteiger partial charge in [-0.05, 0) is 26.2 Å². The minimum atomic E-state index is -0.174. The third-order valence-electron chi connectivity index (χ3n) is 4.44. The highest BCUT2D eigenvalue weighted by molar-refractivity contribution is 5.79. The van der Waals surface area contributed by atoms with Gasteiger partial charge in [-0.3, -0.25) is 9.36 Å². The van der Waals surface area contributed by atoms with E-state index in [9.17, 15) is 9.59 Å². The number of aromatic amines is 1. The van der Waals surface area contributed by atoms with Gasteiger partial charge in [0.25, 0.3) is 0 Å². The Balaban J connectivity index is 1.60. The van der Waals surface area contributed by atoms with Gasteiger partial charge in [-0.25, -0.2) is 9.89 Å². The predicted octanol–water partition coefficient (Wildman–Crippen LogP) is 0.160. The smallest absolute Gasteiger partial charge is 0.343 e. The molecule has 0 bridgehead atoms. The summed E-state index contributed by atoms with van der Waals surface area (Å²) in [5.41, 5.74) is -0.174. The van der Waals surface area contributed by atoms with Crippen LogP contribution in [0.3, 0.4) is 0 Å². The normalized spacial score (nSPS) is 27.9. The molecule has 7 heteroatoms. The van der Waals surface area contributed by atoms with E-state index in [0.29, 0.717) is 19.7 Å². The zero-order valence-electron chi connectivity index (χ0n) is 11.6. The van der Waals surface area contributed by atoms with Crippen molar-refractivity contribution in [2.75, 3.05) is 19.7 Å². The fraction of sp³-hybridized carbons (Fsp3) is 0.769. The topological polar surface area (TPSA) is 80.2 Å². The zero-order valence-corrected chi connectivity index (χ0v) is 11.6. The van der Waals surface area contributed by atoms with E-state index in [0.717, 1.165) is 19.3 Å². The summed E-state index contributed by atoms with van der Waals surface area (Å²) < 4.78 is 7.10. The van der Waals surface area contributed by atoms with E-state index >= 15 is 0 Å². The van der Waals surface area contributed by atoms with E-state index in [1.807, 2.05) is 11.8 Å². The quantitative estimate of drug-likeness (QED) is 0.837. The molecule has 0 radical (unpaired) electrons.